The van der Waals surface area contributed by atoms with E-state index in [1.54, 1.807) is 7.11 Å². The normalized spacial score (nSPS) is 25.3. The fraction of sp³-hybridized carbons (Fsp3) is 1.00. The lowest BCUT2D eigenvalue weighted by Gasteiger charge is -2.21. The monoisotopic (exact) mass is 228 g/mol. The van der Waals surface area contributed by atoms with Crippen molar-refractivity contribution in [1.29, 1.82) is 0 Å². The third-order valence-electron chi connectivity index (χ3n) is 3.45. The Balaban J connectivity index is 2.07. The second-order valence-electron chi connectivity index (χ2n) is 5.19. The first kappa shape index (κ1) is 13.9. The van der Waals surface area contributed by atoms with Gasteiger partial charge >= 0.3 is 0 Å². The Bertz CT molecular complexity index is 175. The van der Waals surface area contributed by atoms with E-state index in [-0.39, 0.29) is 0 Å². The third-order valence-corrected chi connectivity index (χ3v) is 3.45. The molecule has 1 fully saturated rings. The molecule has 1 saturated heterocycles. The predicted octanol–water partition coefficient (Wildman–Crippen LogP) is 1.73. The van der Waals surface area contributed by atoms with Gasteiger partial charge in [0.15, 0.2) is 0 Å². The fourth-order valence-electron chi connectivity index (χ4n) is 2.32. The number of rotatable bonds is 6. The highest BCUT2D eigenvalue weighted by Gasteiger charge is 2.13. The highest BCUT2D eigenvalue weighted by Crippen LogP contribution is 2.15. The van der Waals surface area contributed by atoms with Crippen molar-refractivity contribution in [2.45, 2.75) is 39.2 Å². The predicted molar refractivity (Wildman–Crippen MR) is 68.8 cm³/mol. The molecule has 0 bridgehead atoms. The molecule has 0 aromatic carbocycles. The fourth-order valence-corrected chi connectivity index (χ4v) is 2.32. The number of ether oxygens (including phenoxy) is 1. The number of hydrogen-bond acceptors (Lipinski definition) is 3. The van der Waals surface area contributed by atoms with E-state index in [0.29, 0.717) is 6.04 Å². The topological polar surface area (TPSA) is 24.5 Å². The van der Waals surface area contributed by atoms with Crippen LogP contribution in [0.25, 0.3) is 0 Å². The van der Waals surface area contributed by atoms with E-state index in [2.05, 4.69) is 24.1 Å². The average Bonchev–Trinajstić information content (AvgIpc) is 2.44. The summed E-state index contributed by atoms with van der Waals surface area (Å²) in [4.78, 5) is 2.59. The number of nitrogens with zero attached hydrogens (tertiary/aromatic N) is 1. The summed E-state index contributed by atoms with van der Waals surface area (Å²) in [6.45, 7) is 10.2. The zero-order chi connectivity index (χ0) is 11.8. The van der Waals surface area contributed by atoms with Crippen molar-refractivity contribution < 1.29 is 4.74 Å². The summed E-state index contributed by atoms with van der Waals surface area (Å²) in [5.41, 5.74) is 0. The molecular formula is C13H28N2O. The molecule has 16 heavy (non-hydrogen) atoms. The van der Waals surface area contributed by atoms with Gasteiger partial charge in [-0.1, -0.05) is 6.92 Å². The van der Waals surface area contributed by atoms with Gasteiger partial charge in [-0.05, 0) is 45.2 Å². The van der Waals surface area contributed by atoms with Crippen molar-refractivity contribution in [2.75, 3.05) is 39.9 Å². The van der Waals surface area contributed by atoms with Crippen molar-refractivity contribution in [3.8, 4) is 0 Å². The van der Waals surface area contributed by atoms with Crippen molar-refractivity contribution in [3.05, 3.63) is 0 Å². The van der Waals surface area contributed by atoms with E-state index in [9.17, 15) is 0 Å². The Hall–Kier alpha value is -0.120. The van der Waals surface area contributed by atoms with Crippen molar-refractivity contribution in [3.63, 3.8) is 0 Å². The van der Waals surface area contributed by atoms with Crippen LogP contribution in [0.5, 0.6) is 0 Å². The molecule has 96 valence electrons. The molecule has 0 aliphatic carbocycles. The quantitative estimate of drug-likeness (QED) is 0.749. The highest BCUT2D eigenvalue weighted by molar-refractivity contribution is 4.69. The molecule has 3 heteroatoms. The van der Waals surface area contributed by atoms with Crippen molar-refractivity contribution in [1.82, 2.24) is 10.2 Å². The van der Waals surface area contributed by atoms with Gasteiger partial charge in [0.1, 0.15) is 0 Å². The maximum absolute atomic E-state index is 5.10. The zero-order valence-corrected chi connectivity index (χ0v) is 11.2. The lowest BCUT2D eigenvalue weighted by Crippen LogP contribution is -2.38. The first-order valence-corrected chi connectivity index (χ1v) is 6.67. The lowest BCUT2D eigenvalue weighted by atomic mass is 10.0. The summed E-state index contributed by atoms with van der Waals surface area (Å²) in [6.07, 6.45) is 4.15. The van der Waals surface area contributed by atoms with Gasteiger partial charge in [0.25, 0.3) is 0 Å². The van der Waals surface area contributed by atoms with Gasteiger partial charge in [0.05, 0.1) is 6.61 Å². The van der Waals surface area contributed by atoms with Gasteiger partial charge < -0.3 is 15.0 Å². The number of methoxy groups -OCH3 is 1. The molecule has 0 aromatic heterocycles. The SMILES string of the molecule is COCC(C)NCCN1CCCC(C)CC1. The van der Waals surface area contributed by atoms with Gasteiger partial charge in [-0.15, -0.1) is 0 Å². The number of nitrogens with one attached hydrogen (secondary N) is 1. The molecule has 0 amide bonds. The summed E-state index contributed by atoms with van der Waals surface area (Å²) in [7, 11) is 1.76. The smallest absolute Gasteiger partial charge is 0.0613 e. The molecule has 0 aromatic rings. The van der Waals surface area contributed by atoms with E-state index in [1.165, 1.54) is 38.9 Å². The van der Waals surface area contributed by atoms with Crippen LogP contribution >= 0.6 is 0 Å². The van der Waals surface area contributed by atoms with Crippen molar-refractivity contribution in [2.24, 2.45) is 5.92 Å². The molecule has 3 nitrogen and oxygen atoms in total. The van der Waals surface area contributed by atoms with Crippen LogP contribution in [0, 0.1) is 5.92 Å². The maximum Gasteiger partial charge on any atom is 0.0613 e. The average molecular weight is 228 g/mol. The Labute approximate surface area is 101 Å². The van der Waals surface area contributed by atoms with Gasteiger partial charge in [-0.25, -0.2) is 0 Å². The Morgan fingerprint density at radius 2 is 2.19 bits per heavy atom. The third kappa shape index (κ3) is 5.83. The Morgan fingerprint density at radius 1 is 1.38 bits per heavy atom. The molecule has 2 unspecified atom stereocenters. The second kappa shape index (κ2) is 8.04. The number of hydrogen-bond donors (Lipinski definition) is 1. The van der Waals surface area contributed by atoms with E-state index in [1.807, 2.05) is 0 Å². The van der Waals surface area contributed by atoms with Gasteiger partial charge in [0, 0.05) is 26.2 Å². The Kier molecular flexibility index (Phi) is 7.01. The molecule has 0 spiro atoms. The molecule has 1 N–H and O–H groups in total. The Morgan fingerprint density at radius 3 is 2.94 bits per heavy atom. The molecule has 1 aliphatic heterocycles. The molecular weight excluding hydrogens is 200 g/mol. The van der Waals surface area contributed by atoms with Crippen LogP contribution in [-0.2, 0) is 4.74 Å². The highest BCUT2D eigenvalue weighted by atomic mass is 16.5. The van der Waals surface area contributed by atoms with E-state index >= 15 is 0 Å². The largest absolute Gasteiger partial charge is 0.383 e. The van der Waals surface area contributed by atoms with E-state index in [4.69, 9.17) is 4.74 Å². The van der Waals surface area contributed by atoms with E-state index < -0.39 is 0 Å². The molecule has 2 atom stereocenters. The van der Waals surface area contributed by atoms with Crippen LogP contribution < -0.4 is 5.32 Å². The van der Waals surface area contributed by atoms with Crippen LogP contribution in [-0.4, -0.2) is 50.8 Å². The molecule has 1 aliphatic rings. The summed E-state index contributed by atoms with van der Waals surface area (Å²) in [6, 6.07) is 0.468. The zero-order valence-electron chi connectivity index (χ0n) is 11.2. The van der Waals surface area contributed by atoms with Crippen LogP contribution in [0.2, 0.25) is 0 Å². The molecule has 1 heterocycles. The molecule has 1 rings (SSSR count). The minimum atomic E-state index is 0.468. The summed E-state index contributed by atoms with van der Waals surface area (Å²) < 4.78 is 5.10. The minimum absolute atomic E-state index is 0.468. The first-order valence-electron chi connectivity index (χ1n) is 6.67. The molecule has 0 radical (unpaired) electrons. The second-order valence-corrected chi connectivity index (χ2v) is 5.19. The molecule has 0 saturated carbocycles. The van der Waals surface area contributed by atoms with Crippen LogP contribution in [0.15, 0.2) is 0 Å². The summed E-state index contributed by atoms with van der Waals surface area (Å²) in [5.74, 6) is 0.922. The summed E-state index contributed by atoms with van der Waals surface area (Å²) in [5, 5.41) is 3.50. The van der Waals surface area contributed by atoms with Crippen molar-refractivity contribution >= 4 is 0 Å². The van der Waals surface area contributed by atoms with Crippen LogP contribution in [0.1, 0.15) is 33.1 Å². The van der Waals surface area contributed by atoms with Gasteiger partial charge in [-0.3, -0.25) is 0 Å². The first-order chi connectivity index (χ1) is 7.72. The lowest BCUT2D eigenvalue weighted by molar-refractivity contribution is 0.169. The van der Waals surface area contributed by atoms with Gasteiger partial charge in [-0.2, -0.15) is 0 Å². The van der Waals surface area contributed by atoms with Gasteiger partial charge in [0.2, 0.25) is 0 Å². The maximum atomic E-state index is 5.10. The summed E-state index contributed by atoms with van der Waals surface area (Å²) >= 11 is 0. The van der Waals surface area contributed by atoms with Crippen LogP contribution in [0.3, 0.4) is 0 Å². The van der Waals surface area contributed by atoms with Crippen LogP contribution in [0.4, 0.5) is 0 Å². The standard InChI is InChI=1S/C13H28N2O/c1-12-5-4-8-15(9-6-12)10-7-14-13(2)11-16-3/h12-14H,4-11H2,1-3H3. The van der Waals surface area contributed by atoms with E-state index in [0.717, 1.165) is 19.1 Å². The minimum Gasteiger partial charge on any atom is -0.383 e. The number of likely N-dealkylation sites (tertiary alicyclic amines) is 1.